The molecule has 0 aromatic heterocycles. The molecular formula is C18H24O9. The zero-order chi connectivity index (χ0) is 21.0. The molecule has 0 heterocycles. The maximum absolute atomic E-state index is 12.0. The third-order valence-corrected chi connectivity index (χ3v) is 3.80. The molecule has 1 aliphatic carbocycles. The molecule has 0 radical (unpaired) electrons. The molecule has 0 aliphatic heterocycles. The summed E-state index contributed by atoms with van der Waals surface area (Å²) in [6.45, 7) is 14.2. The molecule has 0 amide bonds. The third kappa shape index (κ3) is 5.25. The van der Waals surface area contributed by atoms with Crippen molar-refractivity contribution in [3.05, 3.63) is 36.5 Å². The van der Waals surface area contributed by atoms with Crippen LogP contribution in [0.3, 0.4) is 0 Å². The van der Waals surface area contributed by atoms with E-state index in [1.165, 1.54) is 20.8 Å². The van der Waals surface area contributed by atoms with E-state index in [4.69, 9.17) is 14.2 Å². The van der Waals surface area contributed by atoms with Crippen LogP contribution in [0, 0.1) is 0 Å². The first kappa shape index (κ1) is 22.6. The van der Waals surface area contributed by atoms with Gasteiger partial charge < -0.3 is 29.5 Å². The molecular weight excluding hydrogens is 360 g/mol. The van der Waals surface area contributed by atoms with Crippen molar-refractivity contribution < 1.29 is 43.9 Å². The summed E-state index contributed by atoms with van der Waals surface area (Å²) in [5.74, 6) is -2.82. The lowest BCUT2D eigenvalue weighted by Gasteiger charge is -2.44. The molecule has 6 atom stereocenters. The lowest BCUT2D eigenvalue weighted by molar-refractivity contribution is -0.244. The highest BCUT2D eigenvalue weighted by Gasteiger charge is 2.55. The molecule has 1 saturated carbocycles. The van der Waals surface area contributed by atoms with Crippen LogP contribution < -0.4 is 0 Å². The standard InChI is InChI=1S/C18H24O9/c1-7(2)16(22)25-13-11(20)10(19)12(21)14(26-17(23)8(3)4)15(13)27-18(24)9(5)6/h10-15,19-21H,1,3,5H2,2,4,6H3/t10-,11-,12-,13+,14-,15-/m0/s1. The van der Waals surface area contributed by atoms with Gasteiger partial charge in [0.1, 0.15) is 18.3 Å². The number of carbonyl (C=O) groups is 3. The third-order valence-electron chi connectivity index (χ3n) is 3.80. The van der Waals surface area contributed by atoms with E-state index >= 15 is 0 Å². The number of hydrogen-bond acceptors (Lipinski definition) is 9. The predicted molar refractivity (Wildman–Crippen MR) is 92.1 cm³/mol. The van der Waals surface area contributed by atoms with E-state index in [0.29, 0.717) is 0 Å². The fraction of sp³-hybridized carbons (Fsp3) is 0.500. The Morgan fingerprint density at radius 2 is 0.852 bits per heavy atom. The summed E-state index contributed by atoms with van der Waals surface area (Å²) >= 11 is 0. The second-order valence-electron chi connectivity index (χ2n) is 6.42. The Morgan fingerprint density at radius 3 is 1.11 bits per heavy atom. The Hall–Kier alpha value is -2.49. The summed E-state index contributed by atoms with van der Waals surface area (Å²) in [6, 6.07) is 0. The first-order valence-electron chi connectivity index (χ1n) is 8.02. The largest absolute Gasteiger partial charge is 0.452 e. The average Bonchev–Trinajstić information content (AvgIpc) is 2.58. The van der Waals surface area contributed by atoms with Crippen molar-refractivity contribution in [2.45, 2.75) is 57.4 Å². The SMILES string of the molecule is C=C(C)C(=O)O[C@H]1[C@H](OC(=O)C(=C)C)[C@@H](O)[C@H](O)[C@H](O)[C@@H]1OC(=O)C(=C)C. The number of ether oxygens (including phenoxy) is 3. The summed E-state index contributed by atoms with van der Waals surface area (Å²) in [7, 11) is 0. The van der Waals surface area contributed by atoms with Gasteiger partial charge in [-0.25, -0.2) is 14.4 Å². The highest BCUT2D eigenvalue weighted by molar-refractivity contribution is 5.88. The minimum Gasteiger partial charge on any atom is -0.452 e. The van der Waals surface area contributed by atoms with Crippen molar-refractivity contribution in [1.82, 2.24) is 0 Å². The van der Waals surface area contributed by atoms with Crippen LogP contribution in [0.1, 0.15) is 20.8 Å². The summed E-state index contributed by atoms with van der Waals surface area (Å²) in [5.41, 5.74) is -0.0772. The maximum atomic E-state index is 12.0. The molecule has 9 heteroatoms. The van der Waals surface area contributed by atoms with Crippen LogP contribution >= 0.6 is 0 Å². The van der Waals surface area contributed by atoms with E-state index in [-0.39, 0.29) is 16.7 Å². The van der Waals surface area contributed by atoms with Gasteiger partial charge in [0.2, 0.25) is 0 Å². The highest BCUT2D eigenvalue weighted by atomic mass is 16.6. The van der Waals surface area contributed by atoms with Gasteiger partial charge in [-0.05, 0) is 20.8 Å². The van der Waals surface area contributed by atoms with Gasteiger partial charge in [-0.2, -0.15) is 0 Å². The summed E-state index contributed by atoms with van der Waals surface area (Å²) in [6.07, 6.45) is -10.4. The molecule has 0 aromatic rings. The van der Waals surface area contributed by atoms with Crippen LogP contribution in [0.15, 0.2) is 36.5 Å². The minimum atomic E-state index is -1.85. The summed E-state index contributed by atoms with van der Waals surface area (Å²) in [4.78, 5) is 35.8. The van der Waals surface area contributed by atoms with Crippen LogP contribution in [0.25, 0.3) is 0 Å². The molecule has 1 fully saturated rings. The van der Waals surface area contributed by atoms with E-state index in [9.17, 15) is 29.7 Å². The molecule has 0 saturated heterocycles. The van der Waals surface area contributed by atoms with Crippen molar-refractivity contribution in [2.75, 3.05) is 0 Å². The quantitative estimate of drug-likeness (QED) is 0.315. The molecule has 0 spiro atoms. The number of esters is 3. The molecule has 0 bridgehead atoms. The number of hydrogen-bond donors (Lipinski definition) is 3. The maximum Gasteiger partial charge on any atom is 0.333 e. The van der Waals surface area contributed by atoms with Crippen LogP contribution in [0.2, 0.25) is 0 Å². The van der Waals surface area contributed by atoms with Gasteiger partial charge in [0.15, 0.2) is 18.3 Å². The average molecular weight is 384 g/mol. The normalized spacial score (nSPS) is 30.0. The van der Waals surface area contributed by atoms with Gasteiger partial charge in [-0.3, -0.25) is 0 Å². The Morgan fingerprint density at radius 1 is 0.593 bits per heavy atom. The van der Waals surface area contributed by atoms with E-state index < -0.39 is 54.5 Å². The fourth-order valence-electron chi connectivity index (χ4n) is 2.25. The number of aliphatic hydroxyl groups excluding tert-OH is 3. The molecule has 3 N–H and O–H groups in total. The monoisotopic (exact) mass is 384 g/mol. The fourth-order valence-corrected chi connectivity index (χ4v) is 2.25. The molecule has 150 valence electrons. The van der Waals surface area contributed by atoms with Gasteiger partial charge in [0.25, 0.3) is 0 Å². The Balaban J connectivity index is 3.31. The Labute approximate surface area is 156 Å². The van der Waals surface area contributed by atoms with Crippen molar-refractivity contribution in [3.63, 3.8) is 0 Å². The molecule has 9 nitrogen and oxygen atoms in total. The van der Waals surface area contributed by atoms with Gasteiger partial charge in [0.05, 0.1) is 0 Å². The first-order valence-corrected chi connectivity index (χ1v) is 8.02. The zero-order valence-electron chi connectivity index (χ0n) is 15.4. The Kier molecular flexibility index (Phi) is 7.46. The number of rotatable bonds is 6. The van der Waals surface area contributed by atoms with Crippen molar-refractivity contribution in [2.24, 2.45) is 0 Å². The van der Waals surface area contributed by atoms with Crippen molar-refractivity contribution in [1.29, 1.82) is 0 Å². The smallest absolute Gasteiger partial charge is 0.333 e. The molecule has 0 aromatic carbocycles. The van der Waals surface area contributed by atoms with Gasteiger partial charge >= 0.3 is 17.9 Å². The van der Waals surface area contributed by atoms with E-state index in [2.05, 4.69) is 19.7 Å². The second-order valence-corrected chi connectivity index (χ2v) is 6.42. The molecule has 1 aliphatic rings. The highest BCUT2D eigenvalue weighted by Crippen LogP contribution is 2.30. The lowest BCUT2D eigenvalue weighted by atomic mass is 9.84. The topological polar surface area (TPSA) is 140 Å². The summed E-state index contributed by atoms with van der Waals surface area (Å²) < 4.78 is 15.3. The van der Waals surface area contributed by atoms with Crippen molar-refractivity contribution >= 4 is 17.9 Å². The predicted octanol–water partition coefficient (Wildman–Crippen LogP) is -0.454. The molecule has 1 rings (SSSR count). The van der Waals surface area contributed by atoms with E-state index in [0.717, 1.165) is 0 Å². The Bertz CT molecular complexity index is 624. The first-order chi connectivity index (χ1) is 12.4. The van der Waals surface area contributed by atoms with E-state index in [1.807, 2.05) is 0 Å². The molecule has 0 unspecified atom stereocenters. The van der Waals surface area contributed by atoms with Crippen LogP contribution in [0.4, 0.5) is 0 Å². The van der Waals surface area contributed by atoms with Crippen LogP contribution in [-0.2, 0) is 28.6 Å². The van der Waals surface area contributed by atoms with Gasteiger partial charge in [-0.1, -0.05) is 19.7 Å². The summed E-state index contributed by atoms with van der Waals surface area (Å²) in [5, 5.41) is 30.5. The number of carbonyl (C=O) groups excluding carboxylic acids is 3. The van der Waals surface area contributed by atoms with Crippen LogP contribution in [-0.4, -0.2) is 69.9 Å². The van der Waals surface area contributed by atoms with Crippen molar-refractivity contribution in [3.8, 4) is 0 Å². The van der Waals surface area contributed by atoms with Crippen LogP contribution in [0.5, 0.6) is 0 Å². The lowest BCUT2D eigenvalue weighted by Crippen LogP contribution is -2.66. The van der Waals surface area contributed by atoms with E-state index in [1.54, 1.807) is 0 Å². The second kappa shape index (κ2) is 8.94. The van der Waals surface area contributed by atoms with Gasteiger partial charge in [0, 0.05) is 16.7 Å². The molecule has 27 heavy (non-hydrogen) atoms. The number of aliphatic hydroxyl groups is 3. The van der Waals surface area contributed by atoms with Gasteiger partial charge in [-0.15, -0.1) is 0 Å². The zero-order valence-corrected chi connectivity index (χ0v) is 15.4. The minimum absolute atomic E-state index is 0.0247.